The van der Waals surface area contributed by atoms with Gasteiger partial charge in [-0.3, -0.25) is 0 Å². The van der Waals surface area contributed by atoms with E-state index in [1.54, 1.807) is 31.2 Å². The molecule has 0 aliphatic rings. The highest BCUT2D eigenvalue weighted by molar-refractivity contribution is 5.91. The number of aliphatic carboxylic acids is 1. The number of carboxylic acids is 1. The molecule has 228 valence electrons. The number of nitrogens with one attached hydrogen (secondary N) is 1. The molecule has 0 aliphatic carbocycles. The van der Waals surface area contributed by atoms with E-state index in [0.717, 1.165) is 18.6 Å². The van der Waals surface area contributed by atoms with Crippen molar-refractivity contribution >= 4 is 17.7 Å². The van der Waals surface area contributed by atoms with Gasteiger partial charge in [0.25, 0.3) is 0 Å². The number of urea groups is 1. The Hall–Kier alpha value is -3.61. The molecule has 0 saturated carbocycles. The number of hydrogen-bond acceptors (Lipinski definition) is 5. The molecule has 0 saturated heterocycles. The summed E-state index contributed by atoms with van der Waals surface area (Å²) in [4.78, 5) is 25.6. The molecular weight excluding hydrogens is 555 g/mol. The van der Waals surface area contributed by atoms with Crippen molar-refractivity contribution < 1.29 is 50.9 Å². The summed E-state index contributed by atoms with van der Waals surface area (Å²) in [6, 6.07) is 11.0. The third kappa shape index (κ3) is 13.5. The first-order valence-corrected chi connectivity index (χ1v) is 13.1. The van der Waals surface area contributed by atoms with Crippen LogP contribution in [0, 0.1) is 0 Å². The van der Waals surface area contributed by atoms with Gasteiger partial charge in [0.1, 0.15) is 12.4 Å². The van der Waals surface area contributed by atoms with Crippen LogP contribution >= 0.6 is 0 Å². The number of unbranched alkanes of at least 4 members (excludes halogenated alkanes) is 2. The van der Waals surface area contributed by atoms with Gasteiger partial charge in [-0.25, -0.2) is 18.4 Å². The van der Waals surface area contributed by atoms with Crippen LogP contribution in [0.4, 0.5) is 32.4 Å². The van der Waals surface area contributed by atoms with Crippen molar-refractivity contribution in [3.8, 4) is 11.5 Å². The third-order valence-electron chi connectivity index (χ3n) is 5.80. The van der Waals surface area contributed by atoms with Crippen LogP contribution in [0.5, 0.6) is 11.5 Å². The molecule has 1 atom stereocenters. The van der Waals surface area contributed by atoms with E-state index in [9.17, 15) is 36.6 Å². The van der Waals surface area contributed by atoms with Gasteiger partial charge in [-0.15, -0.1) is 13.2 Å². The highest BCUT2D eigenvalue weighted by Crippen LogP contribution is 2.30. The quantitative estimate of drug-likeness (QED) is 0.156. The molecule has 2 aromatic rings. The Kier molecular flexibility index (Phi) is 13.1. The summed E-state index contributed by atoms with van der Waals surface area (Å²) < 4.78 is 79.5. The fourth-order valence-electron chi connectivity index (χ4n) is 3.84. The third-order valence-corrected chi connectivity index (χ3v) is 5.80. The molecule has 0 aliphatic heterocycles. The summed E-state index contributed by atoms with van der Waals surface area (Å²) in [5.74, 6) is -3.99. The summed E-state index contributed by atoms with van der Waals surface area (Å²) in [5, 5.41) is 11.7. The van der Waals surface area contributed by atoms with Crippen LogP contribution in [0.15, 0.2) is 48.5 Å². The van der Waals surface area contributed by atoms with Gasteiger partial charge < -0.3 is 29.5 Å². The number of halogens is 5. The van der Waals surface area contributed by atoms with Gasteiger partial charge in [0.05, 0.1) is 12.2 Å². The number of ether oxygens (including phenoxy) is 3. The molecule has 0 fully saturated rings. The minimum absolute atomic E-state index is 0.0250. The second-order valence-electron chi connectivity index (χ2n) is 9.32. The number of para-hydroxylation sites is 2. The van der Waals surface area contributed by atoms with Crippen molar-refractivity contribution in [3.63, 3.8) is 0 Å². The summed E-state index contributed by atoms with van der Waals surface area (Å²) in [6.45, 7) is 3.02. The molecular formula is C28H35F5N2O6. The first kappa shape index (κ1) is 33.6. The van der Waals surface area contributed by atoms with Gasteiger partial charge in [-0.05, 0) is 56.5 Å². The number of carboxylic acid groups (broad SMARTS) is 1. The fourth-order valence-corrected chi connectivity index (χ4v) is 3.84. The predicted molar refractivity (Wildman–Crippen MR) is 141 cm³/mol. The summed E-state index contributed by atoms with van der Waals surface area (Å²) in [5.41, 5.74) is 0.533. The minimum Gasteiger partial charge on any atom is -0.492 e. The number of carbonyl (C=O) groups is 2. The number of hydrogen-bond donors (Lipinski definition) is 2. The van der Waals surface area contributed by atoms with E-state index < -0.39 is 36.1 Å². The molecule has 13 heteroatoms. The maximum atomic E-state index is 13.1. The molecule has 0 spiro atoms. The van der Waals surface area contributed by atoms with Gasteiger partial charge >= 0.3 is 18.4 Å². The lowest BCUT2D eigenvalue weighted by Gasteiger charge is -2.24. The molecule has 0 bridgehead atoms. The number of alkyl halides is 5. The number of amides is 2. The average molecular weight is 591 g/mol. The van der Waals surface area contributed by atoms with Crippen molar-refractivity contribution in [2.45, 2.75) is 64.3 Å². The van der Waals surface area contributed by atoms with Crippen LogP contribution in [0.3, 0.4) is 0 Å². The van der Waals surface area contributed by atoms with Gasteiger partial charge in [0, 0.05) is 26.0 Å². The van der Waals surface area contributed by atoms with Gasteiger partial charge in [0.15, 0.2) is 11.9 Å². The lowest BCUT2D eigenvalue weighted by Crippen LogP contribution is -2.38. The standard InChI is InChI=1S/C28H35F5N2O6/c1-3-39-24(25(36)37)19-20-11-13-21(14-12-20)40-18-17-35(16-8-4-7-15-27(2,29)30)26(38)34-22-9-5-6-10-23(22)41-28(31,32)33/h5-6,9-14,24H,3-4,7-8,15-19H2,1-2H3,(H,34,38)(H,36,37). The molecule has 0 radical (unpaired) electrons. The predicted octanol–water partition coefficient (Wildman–Crippen LogP) is 6.75. The zero-order chi connectivity index (χ0) is 30.5. The fraction of sp³-hybridized carbons (Fsp3) is 0.500. The van der Waals surface area contributed by atoms with E-state index in [1.165, 1.54) is 23.1 Å². The van der Waals surface area contributed by atoms with E-state index in [1.807, 2.05) is 0 Å². The summed E-state index contributed by atoms with van der Waals surface area (Å²) >= 11 is 0. The summed E-state index contributed by atoms with van der Waals surface area (Å²) in [6.07, 6.45) is -5.00. The SMILES string of the molecule is CCOC(Cc1ccc(OCCN(CCCCCC(C)(F)F)C(=O)Nc2ccccc2OC(F)(F)F)cc1)C(=O)O. The minimum atomic E-state index is -4.96. The van der Waals surface area contributed by atoms with E-state index in [4.69, 9.17) is 9.47 Å². The maximum absolute atomic E-state index is 13.1. The van der Waals surface area contributed by atoms with Gasteiger partial charge in [0.2, 0.25) is 5.92 Å². The number of anilines is 1. The molecule has 41 heavy (non-hydrogen) atoms. The Morgan fingerprint density at radius 3 is 2.27 bits per heavy atom. The highest BCUT2D eigenvalue weighted by Gasteiger charge is 2.32. The average Bonchev–Trinajstić information content (AvgIpc) is 2.87. The molecule has 8 nitrogen and oxygen atoms in total. The molecule has 2 N–H and O–H groups in total. The monoisotopic (exact) mass is 590 g/mol. The lowest BCUT2D eigenvalue weighted by molar-refractivity contribution is -0.274. The van der Waals surface area contributed by atoms with Crippen LogP contribution < -0.4 is 14.8 Å². The van der Waals surface area contributed by atoms with E-state index in [0.29, 0.717) is 18.6 Å². The van der Waals surface area contributed by atoms with Crippen LogP contribution in [-0.4, -0.2) is 66.7 Å². The van der Waals surface area contributed by atoms with Crippen molar-refractivity contribution in [1.82, 2.24) is 4.90 Å². The Morgan fingerprint density at radius 2 is 1.66 bits per heavy atom. The number of rotatable bonds is 17. The smallest absolute Gasteiger partial charge is 0.492 e. The highest BCUT2D eigenvalue weighted by atomic mass is 19.4. The first-order chi connectivity index (χ1) is 19.3. The van der Waals surface area contributed by atoms with Crippen LogP contribution in [-0.2, 0) is 16.0 Å². The molecule has 1 unspecified atom stereocenters. The zero-order valence-corrected chi connectivity index (χ0v) is 22.9. The van der Waals surface area contributed by atoms with Crippen molar-refractivity contribution in [3.05, 3.63) is 54.1 Å². The number of benzene rings is 2. The molecule has 2 rings (SSSR count). The van der Waals surface area contributed by atoms with E-state index in [2.05, 4.69) is 10.1 Å². The molecule has 0 aromatic heterocycles. The first-order valence-electron chi connectivity index (χ1n) is 13.1. The van der Waals surface area contributed by atoms with Crippen molar-refractivity contribution in [2.75, 3.05) is 31.6 Å². The second-order valence-corrected chi connectivity index (χ2v) is 9.32. The van der Waals surface area contributed by atoms with E-state index >= 15 is 0 Å². The largest absolute Gasteiger partial charge is 0.573 e. The maximum Gasteiger partial charge on any atom is 0.573 e. The topological polar surface area (TPSA) is 97.3 Å². The Balaban J connectivity index is 2.01. The number of carbonyl (C=O) groups excluding carboxylic acids is 1. The molecule has 2 amide bonds. The normalized spacial score (nSPS) is 12.5. The van der Waals surface area contributed by atoms with Crippen molar-refractivity contribution in [2.24, 2.45) is 0 Å². The molecule has 2 aromatic carbocycles. The molecule has 0 heterocycles. The van der Waals surface area contributed by atoms with Crippen LogP contribution in [0.25, 0.3) is 0 Å². The van der Waals surface area contributed by atoms with E-state index in [-0.39, 0.29) is 51.3 Å². The Bertz CT molecular complexity index is 1090. The van der Waals surface area contributed by atoms with Gasteiger partial charge in [-0.1, -0.05) is 30.7 Å². The zero-order valence-electron chi connectivity index (χ0n) is 22.9. The van der Waals surface area contributed by atoms with Crippen LogP contribution in [0.2, 0.25) is 0 Å². The number of nitrogens with zero attached hydrogens (tertiary/aromatic N) is 1. The lowest BCUT2D eigenvalue weighted by atomic mass is 10.1. The Morgan fingerprint density at radius 1 is 0.976 bits per heavy atom. The Labute approximate surface area is 235 Å². The second kappa shape index (κ2) is 16.0. The van der Waals surface area contributed by atoms with Gasteiger partial charge in [-0.2, -0.15) is 0 Å². The van der Waals surface area contributed by atoms with Crippen LogP contribution in [0.1, 0.15) is 45.1 Å². The van der Waals surface area contributed by atoms with Crippen molar-refractivity contribution in [1.29, 1.82) is 0 Å². The summed E-state index contributed by atoms with van der Waals surface area (Å²) in [7, 11) is 0.